The molecule has 1 aromatic carbocycles. The number of carbonyl (C=O) groups is 1. The van der Waals surface area contributed by atoms with Gasteiger partial charge in [0, 0.05) is 12.8 Å². The smallest absolute Gasteiger partial charge is 0.305 e. The van der Waals surface area contributed by atoms with E-state index >= 15 is 0 Å². The Balaban J connectivity index is 1.88. The molecular formula is C26H38O3. The molecule has 3 nitrogen and oxygen atoms in total. The second kappa shape index (κ2) is 17.8. The van der Waals surface area contributed by atoms with Crippen LogP contribution in [0.4, 0.5) is 0 Å². The Morgan fingerprint density at radius 1 is 0.862 bits per heavy atom. The molecule has 0 aliphatic carbocycles. The SMILES string of the molecule is CC/C=C\C/C=C\C/C=C\CCCCCCCC(=O)OCCc1ccc(O)cc1. The topological polar surface area (TPSA) is 46.5 Å². The van der Waals surface area contributed by atoms with Gasteiger partial charge in [0.15, 0.2) is 0 Å². The lowest BCUT2D eigenvalue weighted by Gasteiger charge is -2.05. The predicted molar refractivity (Wildman–Crippen MR) is 122 cm³/mol. The Bertz CT molecular complexity index is 611. The van der Waals surface area contributed by atoms with Gasteiger partial charge in [0.25, 0.3) is 0 Å². The number of esters is 1. The number of phenolic OH excluding ortho intramolecular Hbond substituents is 1. The minimum Gasteiger partial charge on any atom is -0.508 e. The van der Waals surface area contributed by atoms with Crippen molar-refractivity contribution in [3.05, 3.63) is 66.3 Å². The highest BCUT2D eigenvalue weighted by Crippen LogP contribution is 2.11. The molecule has 0 heterocycles. The second-order valence-electron chi connectivity index (χ2n) is 7.24. The second-order valence-corrected chi connectivity index (χ2v) is 7.24. The molecule has 0 spiro atoms. The maximum absolute atomic E-state index is 11.7. The van der Waals surface area contributed by atoms with Crippen molar-refractivity contribution in [3.8, 4) is 5.75 Å². The number of aromatic hydroxyl groups is 1. The van der Waals surface area contributed by atoms with Crippen molar-refractivity contribution in [2.75, 3.05) is 6.61 Å². The third-order valence-corrected chi connectivity index (χ3v) is 4.62. The highest BCUT2D eigenvalue weighted by atomic mass is 16.5. The average Bonchev–Trinajstić information content (AvgIpc) is 2.72. The van der Waals surface area contributed by atoms with Gasteiger partial charge < -0.3 is 9.84 Å². The van der Waals surface area contributed by atoms with Gasteiger partial charge in [-0.15, -0.1) is 0 Å². The van der Waals surface area contributed by atoms with Gasteiger partial charge in [0.05, 0.1) is 6.61 Å². The van der Waals surface area contributed by atoms with E-state index in [2.05, 4.69) is 43.4 Å². The summed E-state index contributed by atoms with van der Waals surface area (Å²) in [5.74, 6) is 0.148. The van der Waals surface area contributed by atoms with Crippen molar-refractivity contribution in [3.63, 3.8) is 0 Å². The van der Waals surface area contributed by atoms with Crippen molar-refractivity contribution < 1.29 is 14.6 Å². The first kappa shape index (κ1) is 24.7. The Morgan fingerprint density at radius 2 is 1.48 bits per heavy atom. The van der Waals surface area contributed by atoms with Gasteiger partial charge in [0.2, 0.25) is 0 Å². The van der Waals surface area contributed by atoms with Gasteiger partial charge in [0.1, 0.15) is 5.75 Å². The molecule has 29 heavy (non-hydrogen) atoms. The summed E-state index contributed by atoms with van der Waals surface area (Å²) in [7, 11) is 0. The lowest BCUT2D eigenvalue weighted by atomic mass is 10.1. The average molecular weight is 399 g/mol. The van der Waals surface area contributed by atoms with E-state index in [1.807, 2.05) is 12.1 Å². The minimum absolute atomic E-state index is 0.107. The summed E-state index contributed by atoms with van der Waals surface area (Å²) in [4.78, 5) is 11.7. The van der Waals surface area contributed by atoms with Crippen LogP contribution in [0.3, 0.4) is 0 Å². The van der Waals surface area contributed by atoms with E-state index in [1.54, 1.807) is 12.1 Å². The van der Waals surface area contributed by atoms with Crippen molar-refractivity contribution in [2.24, 2.45) is 0 Å². The molecule has 1 aromatic rings. The minimum atomic E-state index is -0.107. The van der Waals surface area contributed by atoms with Crippen molar-refractivity contribution in [1.29, 1.82) is 0 Å². The van der Waals surface area contributed by atoms with Crippen LogP contribution in [-0.2, 0) is 16.0 Å². The summed E-state index contributed by atoms with van der Waals surface area (Å²) in [5, 5.41) is 9.24. The Kier molecular flexibility index (Phi) is 15.2. The number of rotatable bonds is 16. The van der Waals surface area contributed by atoms with E-state index in [9.17, 15) is 9.90 Å². The highest BCUT2D eigenvalue weighted by molar-refractivity contribution is 5.69. The highest BCUT2D eigenvalue weighted by Gasteiger charge is 2.03. The van der Waals surface area contributed by atoms with Crippen molar-refractivity contribution >= 4 is 5.97 Å². The number of allylic oxidation sites excluding steroid dienone is 6. The number of unbranched alkanes of at least 4 members (excludes halogenated alkanes) is 5. The molecule has 3 heteroatoms. The van der Waals surface area contributed by atoms with Gasteiger partial charge in [-0.2, -0.15) is 0 Å². The molecule has 0 aromatic heterocycles. The van der Waals surface area contributed by atoms with Crippen LogP contribution in [0.1, 0.15) is 76.7 Å². The lowest BCUT2D eigenvalue weighted by molar-refractivity contribution is -0.143. The number of carbonyl (C=O) groups excluding carboxylic acids is 1. The van der Waals surface area contributed by atoms with Crippen LogP contribution < -0.4 is 0 Å². The van der Waals surface area contributed by atoms with E-state index in [-0.39, 0.29) is 11.7 Å². The van der Waals surface area contributed by atoms with Crippen molar-refractivity contribution in [2.45, 2.75) is 77.6 Å². The van der Waals surface area contributed by atoms with Gasteiger partial charge in [-0.1, -0.05) is 74.8 Å². The fourth-order valence-corrected chi connectivity index (χ4v) is 2.91. The number of benzene rings is 1. The molecule has 0 atom stereocenters. The summed E-state index contributed by atoms with van der Waals surface area (Å²) < 4.78 is 5.28. The molecule has 1 N–H and O–H groups in total. The van der Waals surface area contributed by atoms with E-state index in [0.717, 1.165) is 44.1 Å². The number of phenols is 1. The van der Waals surface area contributed by atoms with E-state index in [1.165, 1.54) is 19.3 Å². The molecule has 0 amide bonds. The summed E-state index contributed by atoms with van der Waals surface area (Å²) >= 11 is 0. The molecule has 1 rings (SSSR count). The molecule has 160 valence electrons. The van der Waals surface area contributed by atoms with Crippen LogP contribution in [0, 0.1) is 0 Å². The molecule has 0 saturated heterocycles. The van der Waals surface area contributed by atoms with Crippen LogP contribution in [0.5, 0.6) is 5.75 Å². The monoisotopic (exact) mass is 398 g/mol. The standard InChI is InChI=1S/C26H38O3/c1-2-3-4-5-6-7-8-9-10-11-12-13-14-15-16-17-26(28)29-23-22-24-18-20-25(27)21-19-24/h3-4,6-7,9-10,18-21,27H,2,5,8,11-17,22-23H2,1H3/b4-3-,7-6-,10-9-. The summed E-state index contributed by atoms with van der Waals surface area (Å²) in [6, 6.07) is 7.00. The van der Waals surface area contributed by atoms with Gasteiger partial charge in [-0.3, -0.25) is 4.79 Å². The van der Waals surface area contributed by atoms with Gasteiger partial charge >= 0.3 is 5.97 Å². The van der Waals surface area contributed by atoms with Crippen LogP contribution in [0.15, 0.2) is 60.7 Å². The predicted octanol–water partition coefficient (Wildman–Crippen LogP) is 7.07. The normalized spacial score (nSPS) is 11.8. The molecule has 0 radical (unpaired) electrons. The zero-order valence-electron chi connectivity index (χ0n) is 18.0. The summed E-state index contributed by atoms with van der Waals surface area (Å²) in [6.07, 6.45) is 24.5. The summed E-state index contributed by atoms with van der Waals surface area (Å²) in [5.41, 5.74) is 1.06. The first-order valence-corrected chi connectivity index (χ1v) is 11.1. The van der Waals surface area contributed by atoms with Gasteiger partial charge in [-0.05, 0) is 56.2 Å². The number of hydrogen-bond acceptors (Lipinski definition) is 3. The number of hydrogen-bond donors (Lipinski definition) is 1. The summed E-state index contributed by atoms with van der Waals surface area (Å²) in [6.45, 7) is 2.56. The molecule has 0 bridgehead atoms. The molecular weight excluding hydrogens is 360 g/mol. The van der Waals surface area contributed by atoms with E-state index in [0.29, 0.717) is 19.4 Å². The third-order valence-electron chi connectivity index (χ3n) is 4.62. The first-order chi connectivity index (χ1) is 14.2. The lowest BCUT2D eigenvalue weighted by Crippen LogP contribution is -2.07. The van der Waals surface area contributed by atoms with Crippen molar-refractivity contribution in [1.82, 2.24) is 0 Å². The first-order valence-electron chi connectivity index (χ1n) is 11.1. The molecule has 0 aliphatic rings. The quantitative estimate of drug-likeness (QED) is 0.184. The fourth-order valence-electron chi connectivity index (χ4n) is 2.91. The number of ether oxygens (including phenoxy) is 1. The van der Waals surface area contributed by atoms with Crippen LogP contribution in [0.2, 0.25) is 0 Å². The maximum Gasteiger partial charge on any atom is 0.305 e. The molecule has 0 saturated carbocycles. The molecule has 0 fully saturated rings. The fraction of sp³-hybridized carbons (Fsp3) is 0.500. The Labute approximate surface area is 177 Å². The Hall–Kier alpha value is -2.29. The largest absolute Gasteiger partial charge is 0.508 e. The zero-order chi connectivity index (χ0) is 21.0. The van der Waals surface area contributed by atoms with E-state index < -0.39 is 0 Å². The van der Waals surface area contributed by atoms with Gasteiger partial charge in [-0.25, -0.2) is 0 Å². The zero-order valence-corrected chi connectivity index (χ0v) is 18.0. The van der Waals surface area contributed by atoms with Crippen LogP contribution in [-0.4, -0.2) is 17.7 Å². The van der Waals surface area contributed by atoms with Crippen LogP contribution in [0.25, 0.3) is 0 Å². The Morgan fingerprint density at radius 3 is 2.21 bits per heavy atom. The van der Waals surface area contributed by atoms with Crippen LogP contribution >= 0.6 is 0 Å². The third kappa shape index (κ3) is 15.3. The molecule has 0 unspecified atom stereocenters. The maximum atomic E-state index is 11.7. The van der Waals surface area contributed by atoms with E-state index in [4.69, 9.17) is 4.74 Å². The molecule has 0 aliphatic heterocycles.